The number of ether oxygens (including phenoxy) is 1. The summed E-state index contributed by atoms with van der Waals surface area (Å²) >= 11 is 5.84. The van der Waals surface area contributed by atoms with E-state index in [1.54, 1.807) is 7.11 Å². The van der Waals surface area contributed by atoms with Crippen LogP contribution >= 0.6 is 11.6 Å². The van der Waals surface area contributed by atoms with Crippen LogP contribution in [-0.4, -0.2) is 19.6 Å². The summed E-state index contributed by atoms with van der Waals surface area (Å²) in [6, 6.07) is 0. The van der Waals surface area contributed by atoms with Crippen LogP contribution in [-0.2, 0) is 4.74 Å². The summed E-state index contributed by atoms with van der Waals surface area (Å²) < 4.78 is 5.11. The van der Waals surface area contributed by atoms with E-state index in [9.17, 15) is 0 Å². The van der Waals surface area contributed by atoms with Crippen molar-refractivity contribution < 1.29 is 4.74 Å². The number of hydrogen-bond acceptors (Lipinski definition) is 1. The van der Waals surface area contributed by atoms with E-state index in [1.165, 1.54) is 12.8 Å². The quantitative estimate of drug-likeness (QED) is 0.577. The Hall–Kier alpha value is 0.250. The van der Waals surface area contributed by atoms with E-state index in [1.807, 2.05) is 0 Å². The van der Waals surface area contributed by atoms with E-state index in [2.05, 4.69) is 6.92 Å². The second-order valence-corrected chi connectivity index (χ2v) is 3.76. The minimum Gasteiger partial charge on any atom is -0.384 e. The molecule has 60 valence electrons. The SMILES string of the molecule is COCC(C)(CCl)C1CC1. The Morgan fingerprint density at radius 3 is 2.50 bits per heavy atom. The standard InChI is InChI=1S/C8H15ClO/c1-8(5-9,6-10-2)7-3-4-7/h7H,3-6H2,1-2H3. The molecule has 0 radical (unpaired) electrons. The highest BCUT2D eigenvalue weighted by Gasteiger charge is 2.40. The lowest BCUT2D eigenvalue weighted by Crippen LogP contribution is -2.26. The molecule has 1 aliphatic carbocycles. The molecule has 0 bridgehead atoms. The zero-order valence-electron chi connectivity index (χ0n) is 6.69. The van der Waals surface area contributed by atoms with Gasteiger partial charge in [-0.25, -0.2) is 0 Å². The molecule has 0 aromatic rings. The van der Waals surface area contributed by atoms with Gasteiger partial charge in [-0.05, 0) is 18.8 Å². The van der Waals surface area contributed by atoms with Gasteiger partial charge in [-0.15, -0.1) is 11.6 Å². The molecule has 1 unspecified atom stereocenters. The fourth-order valence-electron chi connectivity index (χ4n) is 1.38. The molecule has 1 aliphatic rings. The van der Waals surface area contributed by atoms with Crippen LogP contribution in [0.5, 0.6) is 0 Å². The molecule has 1 atom stereocenters. The molecule has 0 aliphatic heterocycles. The van der Waals surface area contributed by atoms with Crippen molar-refractivity contribution >= 4 is 11.6 Å². The van der Waals surface area contributed by atoms with E-state index in [0.29, 0.717) is 0 Å². The second kappa shape index (κ2) is 3.10. The predicted molar refractivity (Wildman–Crippen MR) is 43.4 cm³/mol. The van der Waals surface area contributed by atoms with E-state index in [4.69, 9.17) is 16.3 Å². The maximum absolute atomic E-state index is 5.84. The van der Waals surface area contributed by atoms with Crippen molar-refractivity contribution in [2.24, 2.45) is 11.3 Å². The Kier molecular flexibility index (Phi) is 2.59. The van der Waals surface area contributed by atoms with Gasteiger partial charge < -0.3 is 4.74 Å². The van der Waals surface area contributed by atoms with Crippen LogP contribution < -0.4 is 0 Å². The monoisotopic (exact) mass is 162 g/mol. The van der Waals surface area contributed by atoms with Gasteiger partial charge in [0, 0.05) is 18.4 Å². The first kappa shape index (κ1) is 8.35. The van der Waals surface area contributed by atoms with Gasteiger partial charge in [0.05, 0.1) is 6.61 Å². The maximum atomic E-state index is 5.84. The molecule has 0 saturated heterocycles. The Balaban J connectivity index is 2.39. The van der Waals surface area contributed by atoms with E-state index in [0.717, 1.165) is 18.4 Å². The first-order valence-electron chi connectivity index (χ1n) is 3.78. The summed E-state index contributed by atoms with van der Waals surface area (Å²) in [5.74, 6) is 1.55. The Morgan fingerprint density at radius 2 is 2.20 bits per heavy atom. The lowest BCUT2D eigenvalue weighted by Gasteiger charge is -2.25. The molecule has 1 nitrogen and oxygen atoms in total. The van der Waals surface area contributed by atoms with Gasteiger partial charge >= 0.3 is 0 Å². The molecule has 0 aromatic heterocycles. The first-order valence-corrected chi connectivity index (χ1v) is 4.31. The van der Waals surface area contributed by atoms with Crippen molar-refractivity contribution in [3.63, 3.8) is 0 Å². The average Bonchev–Trinajstić information content (AvgIpc) is 2.69. The Bertz CT molecular complexity index is 112. The highest BCUT2D eigenvalue weighted by atomic mass is 35.5. The van der Waals surface area contributed by atoms with Crippen LogP contribution in [0.25, 0.3) is 0 Å². The topological polar surface area (TPSA) is 9.23 Å². The third-order valence-corrected chi connectivity index (χ3v) is 2.95. The zero-order chi connectivity index (χ0) is 7.61. The first-order chi connectivity index (χ1) is 4.73. The van der Waals surface area contributed by atoms with Crippen molar-refractivity contribution in [3.8, 4) is 0 Å². The number of halogens is 1. The zero-order valence-corrected chi connectivity index (χ0v) is 7.45. The van der Waals surface area contributed by atoms with Crippen molar-refractivity contribution in [3.05, 3.63) is 0 Å². The van der Waals surface area contributed by atoms with Gasteiger partial charge in [0.15, 0.2) is 0 Å². The molecule has 1 rings (SSSR count). The molecule has 1 fully saturated rings. The molecule has 0 heterocycles. The molecule has 0 amide bonds. The molecule has 0 aromatic carbocycles. The fourth-order valence-corrected chi connectivity index (χ4v) is 1.67. The van der Waals surface area contributed by atoms with Gasteiger partial charge in [0.25, 0.3) is 0 Å². The Morgan fingerprint density at radius 1 is 1.60 bits per heavy atom. The molecule has 1 saturated carbocycles. The van der Waals surface area contributed by atoms with Gasteiger partial charge in [0.2, 0.25) is 0 Å². The van der Waals surface area contributed by atoms with Crippen molar-refractivity contribution in [2.45, 2.75) is 19.8 Å². The third kappa shape index (κ3) is 1.64. The minimum atomic E-state index is 0.246. The molecule has 2 heteroatoms. The average molecular weight is 163 g/mol. The van der Waals surface area contributed by atoms with Gasteiger partial charge in [0.1, 0.15) is 0 Å². The van der Waals surface area contributed by atoms with Gasteiger partial charge in [-0.1, -0.05) is 6.92 Å². The number of methoxy groups -OCH3 is 1. The Labute approximate surface area is 67.7 Å². The van der Waals surface area contributed by atoms with Crippen LogP contribution in [0.1, 0.15) is 19.8 Å². The van der Waals surface area contributed by atoms with Crippen LogP contribution in [0.15, 0.2) is 0 Å². The summed E-state index contributed by atoms with van der Waals surface area (Å²) in [5.41, 5.74) is 0.246. The number of alkyl halides is 1. The number of hydrogen-bond donors (Lipinski definition) is 0. The smallest absolute Gasteiger partial charge is 0.0530 e. The summed E-state index contributed by atoms with van der Waals surface area (Å²) in [6.07, 6.45) is 2.68. The minimum absolute atomic E-state index is 0.246. The number of rotatable bonds is 4. The van der Waals surface area contributed by atoms with Crippen molar-refractivity contribution in [1.82, 2.24) is 0 Å². The third-order valence-electron chi connectivity index (χ3n) is 2.34. The highest BCUT2D eigenvalue weighted by molar-refractivity contribution is 6.18. The van der Waals surface area contributed by atoms with Gasteiger partial charge in [-0.2, -0.15) is 0 Å². The van der Waals surface area contributed by atoms with E-state index in [-0.39, 0.29) is 5.41 Å². The highest BCUT2D eigenvalue weighted by Crippen LogP contribution is 2.46. The van der Waals surface area contributed by atoms with Crippen molar-refractivity contribution in [1.29, 1.82) is 0 Å². The van der Waals surface area contributed by atoms with Gasteiger partial charge in [-0.3, -0.25) is 0 Å². The molecule has 0 spiro atoms. The molecule has 0 N–H and O–H groups in total. The molecular weight excluding hydrogens is 148 g/mol. The van der Waals surface area contributed by atoms with Crippen LogP contribution in [0.4, 0.5) is 0 Å². The van der Waals surface area contributed by atoms with Crippen molar-refractivity contribution in [2.75, 3.05) is 19.6 Å². The summed E-state index contributed by atoms with van der Waals surface area (Å²) in [4.78, 5) is 0. The maximum Gasteiger partial charge on any atom is 0.0530 e. The summed E-state index contributed by atoms with van der Waals surface area (Å²) in [6.45, 7) is 3.02. The lowest BCUT2D eigenvalue weighted by molar-refractivity contribution is 0.0916. The van der Waals surface area contributed by atoms with E-state index >= 15 is 0 Å². The summed E-state index contributed by atoms with van der Waals surface area (Å²) in [5, 5.41) is 0. The lowest BCUT2D eigenvalue weighted by atomic mass is 9.88. The molecular formula is C8H15ClO. The molecule has 10 heavy (non-hydrogen) atoms. The summed E-state index contributed by atoms with van der Waals surface area (Å²) in [7, 11) is 1.74. The normalized spacial score (nSPS) is 24.3. The van der Waals surface area contributed by atoms with Crippen LogP contribution in [0.2, 0.25) is 0 Å². The largest absolute Gasteiger partial charge is 0.384 e. The van der Waals surface area contributed by atoms with Crippen LogP contribution in [0.3, 0.4) is 0 Å². The van der Waals surface area contributed by atoms with E-state index < -0.39 is 0 Å². The second-order valence-electron chi connectivity index (χ2n) is 3.49. The predicted octanol–water partition coefficient (Wildman–Crippen LogP) is 2.29. The van der Waals surface area contributed by atoms with Crippen LogP contribution in [0, 0.1) is 11.3 Å². The fraction of sp³-hybridized carbons (Fsp3) is 1.00.